The molecule has 1 aromatic heterocycles. The van der Waals surface area contributed by atoms with E-state index < -0.39 is 22.4 Å². The molecule has 1 atom stereocenters. The number of carbonyl (C=O) groups is 2. The zero-order valence-corrected chi connectivity index (χ0v) is 25.1. The molecular formula is C29H53N2O5+. The van der Waals surface area contributed by atoms with Crippen molar-refractivity contribution in [2.45, 2.75) is 120 Å². The first-order valence-corrected chi connectivity index (χ1v) is 13.3. The van der Waals surface area contributed by atoms with Crippen LogP contribution in [0.1, 0.15) is 102 Å². The summed E-state index contributed by atoms with van der Waals surface area (Å²) in [6.45, 7) is 25.4. The van der Waals surface area contributed by atoms with Crippen molar-refractivity contribution in [3.05, 3.63) is 18.7 Å². The van der Waals surface area contributed by atoms with Gasteiger partial charge >= 0.3 is 11.9 Å². The zero-order valence-electron chi connectivity index (χ0n) is 25.1. The number of aromatic nitrogens is 2. The highest BCUT2D eigenvalue weighted by Gasteiger charge is 2.40. The van der Waals surface area contributed by atoms with Crippen LogP contribution in [0.2, 0.25) is 0 Å². The van der Waals surface area contributed by atoms with Gasteiger partial charge in [-0.25, -0.2) is 9.13 Å². The molecule has 0 radical (unpaired) electrons. The summed E-state index contributed by atoms with van der Waals surface area (Å²) in [5.74, 6) is -0.738. The van der Waals surface area contributed by atoms with Crippen LogP contribution in [0.15, 0.2) is 18.7 Å². The van der Waals surface area contributed by atoms with Crippen LogP contribution in [0.3, 0.4) is 0 Å². The lowest BCUT2D eigenvalue weighted by Gasteiger charge is -2.31. The largest absolute Gasteiger partial charge is 0.465 e. The van der Waals surface area contributed by atoms with Gasteiger partial charge in [0.2, 0.25) is 6.33 Å². The Bertz CT molecular complexity index is 858. The highest BCUT2D eigenvalue weighted by Crippen LogP contribution is 2.31. The Hall–Kier alpha value is -1.89. The second-order valence-corrected chi connectivity index (χ2v) is 13.9. The van der Waals surface area contributed by atoms with Crippen molar-refractivity contribution in [3.8, 4) is 0 Å². The molecule has 0 N–H and O–H groups in total. The van der Waals surface area contributed by atoms with Crippen molar-refractivity contribution in [3.63, 3.8) is 0 Å². The van der Waals surface area contributed by atoms with Gasteiger partial charge in [0.25, 0.3) is 0 Å². The summed E-state index contributed by atoms with van der Waals surface area (Å²) < 4.78 is 21.5. The molecule has 0 spiro atoms. The minimum Gasteiger partial charge on any atom is -0.465 e. The Balaban J connectivity index is 2.73. The fourth-order valence-corrected chi connectivity index (χ4v) is 3.96. The number of ether oxygens (including phenoxy) is 3. The molecule has 1 aromatic rings. The first-order valence-electron chi connectivity index (χ1n) is 13.3. The van der Waals surface area contributed by atoms with Gasteiger partial charge in [-0.05, 0) is 73.6 Å². The van der Waals surface area contributed by atoms with Crippen LogP contribution in [-0.2, 0) is 35.9 Å². The number of aryl methyl sites for hydroxylation is 1. The third-order valence-electron chi connectivity index (χ3n) is 6.42. The molecule has 0 aromatic carbocycles. The van der Waals surface area contributed by atoms with Gasteiger partial charge < -0.3 is 14.2 Å². The summed E-state index contributed by atoms with van der Waals surface area (Å²) in [7, 11) is 0. The first-order chi connectivity index (χ1) is 16.2. The predicted molar refractivity (Wildman–Crippen MR) is 142 cm³/mol. The van der Waals surface area contributed by atoms with Crippen molar-refractivity contribution in [1.29, 1.82) is 0 Å². The van der Waals surface area contributed by atoms with Gasteiger partial charge in [-0.1, -0.05) is 27.7 Å². The van der Waals surface area contributed by atoms with Crippen LogP contribution in [0.5, 0.6) is 0 Å². The lowest BCUT2D eigenvalue weighted by Crippen LogP contribution is -2.43. The second kappa shape index (κ2) is 12.1. The van der Waals surface area contributed by atoms with Crippen molar-refractivity contribution < 1.29 is 28.4 Å². The average molecular weight is 510 g/mol. The number of hydrogen-bond acceptors (Lipinski definition) is 5. The molecule has 1 heterocycles. The molecule has 0 bridgehead atoms. The summed E-state index contributed by atoms with van der Waals surface area (Å²) in [4.78, 5) is 25.6. The molecule has 36 heavy (non-hydrogen) atoms. The van der Waals surface area contributed by atoms with Crippen molar-refractivity contribution in [2.75, 3.05) is 19.8 Å². The van der Waals surface area contributed by atoms with E-state index in [1.165, 1.54) is 0 Å². The SMILES string of the molecule is CCC(C)(C)C(=O)OCC(C)(COC(C)(C)C)C(=O)OCCC[n+]1ccn(C(C)(C)CC(C)(C)C)c1. The molecule has 0 fully saturated rings. The summed E-state index contributed by atoms with van der Waals surface area (Å²) in [6, 6.07) is 0. The smallest absolute Gasteiger partial charge is 0.317 e. The Morgan fingerprint density at radius 2 is 1.47 bits per heavy atom. The molecular weight excluding hydrogens is 456 g/mol. The summed E-state index contributed by atoms with van der Waals surface area (Å²) >= 11 is 0. The van der Waals surface area contributed by atoms with Gasteiger partial charge in [0.1, 0.15) is 30.0 Å². The third kappa shape index (κ3) is 10.6. The molecule has 7 heteroatoms. The summed E-state index contributed by atoms with van der Waals surface area (Å²) in [5, 5.41) is 0. The quantitative estimate of drug-likeness (QED) is 0.194. The van der Waals surface area contributed by atoms with E-state index in [-0.39, 0.29) is 36.7 Å². The van der Waals surface area contributed by atoms with Crippen LogP contribution in [0.4, 0.5) is 0 Å². The lowest BCUT2D eigenvalue weighted by atomic mass is 9.82. The van der Waals surface area contributed by atoms with Crippen LogP contribution in [0, 0.1) is 16.2 Å². The number of imidazole rings is 1. The van der Waals surface area contributed by atoms with Gasteiger partial charge in [-0.15, -0.1) is 0 Å². The fraction of sp³-hybridized carbons (Fsp3) is 0.828. The van der Waals surface area contributed by atoms with E-state index in [0.29, 0.717) is 12.8 Å². The number of esters is 2. The average Bonchev–Trinajstić information content (AvgIpc) is 3.21. The molecule has 7 nitrogen and oxygen atoms in total. The van der Waals surface area contributed by atoms with E-state index in [9.17, 15) is 9.59 Å². The zero-order chi connectivity index (χ0) is 28.0. The fourth-order valence-electron chi connectivity index (χ4n) is 3.96. The standard InChI is InChI=1S/C29H53N2O5/c1-13-27(8,9)23(32)35-20-29(12,21-36-26(5,6)7)24(33)34-18-14-15-30-16-17-31(22-30)28(10,11)19-25(2,3)4/h16-17,22H,13-15,18-21H2,1-12H3/q+1. The molecule has 0 aliphatic rings. The Labute approximate surface area is 219 Å². The summed E-state index contributed by atoms with van der Waals surface area (Å²) in [5.41, 5.74) is -1.88. The van der Waals surface area contributed by atoms with Gasteiger partial charge in [-0.2, -0.15) is 0 Å². The second-order valence-electron chi connectivity index (χ2n) is 13.9. The van der Waals surface area contributed by atoms with Gasteiger partial charge in [-0.3, -0.25) is 9.59 Å². The lowest BCUT2D eigenvalue weighted by molar-refractivity contribution is -0.697. The highest BCUT2D eigenvalue weighted by molar-refractivity contribution is 5.79. The van der Waals surface area contributed by atoms with E-state index >= 15 is 0 Å². The van der Waals surface area contributed by atoms with Crippen molar-refractivity contribution in [1.82, 2.24) is 4.57 Å². The number of hydrogen-bond donors (Lipinski definition) is 0. The maximum absolute atomic E-state index is 13.1. The summed E-state index contributed by atoms with van der Waals surface area (Å²) in [6.07, 6.45) is 8.66. The van der Waals surface area contributed by atoms with Crippen LogP contribution in [0.25, 0.3) is 0 Å². The van der Waals surface area contributed by atoms with E-state index in [1.807, 2.05) is 41.5 Å². The minimum atomic E-state index is -1.08. The van der Waals surface area contributed by atoms with Gasteiger partial charge in [0, 0.05) is 6.42 Å². The molecule has 0 aliphatic carbocycles. The molecule has 0 amide bonds. The van der Waals surface area contributed by atoms with Crippen molar-refractivity contribution >= 4 is 11.9 Å². The maximum Gasteiger partial charge on any atom is 0.317 e. The Morgan fingerprint density at radius 3 is 2.00 bits per heavy atom. The Kier molecular flexibility index (Phi) is 10.8. The van der Waals surface area contributed by atoms with E-state index in [2.05, 4.69) is 62.5 Å². The molecule has 1 rings (SSSR count). The monoisotopic (exact) mass is 509 g/mol. The van der Waals surface area contributed by atoms with Crippen LogP contribution < -0.4 is 4.57 Å². The first kappa shape index (κ1) is 32.1. The molecule has 208 valence electrons. The highest BCUT2D eigenvalue weighted by atomic mass is 16.6. The number of rotatable bonds is 13. The molecule has 1 unspecified atom stereocenters. The molecule has 0 aliphatic heterocycles. The maximum atomic E-state index is 13.1. The topological polar surface area (TPSA) is 70.6 Å². The Morgan fingerprint density at radius 1 is 0.861 bits per heavy atom. The third-order valence-corrected chi connectivity index (χ3v) is 6.42. The number of nitrogens with zero attached hydrogens (tertiary/aromatic N) is 2. The van der Waals surface area contributed by atoms with Gasteiger partial charge in [0.15, 0.2) is 0 Å². The van der Waals surface area contributed by atoms with Crippen LogP contribution in [-0.4, -0.2) is 41.9 Å². The van der Waals surface area contributed by atoms with E-state index in [1.54, 1.807) is 6.92 Å². The van der Waals surface area contributed by atoms with Gasteiger partial charge in [0.05, 0.1) is 30.8 Å². The normalized spacial score (nSPS) is 14.9. The minimum absolute atomic E-state index is 0.00854. The van der Waals surface area contributed by atoms with Crippen molar-refractivity contribution in [2.24, 2.45) is 16.2 Å². The van der Waals surface area contributed by atoms with Crippen LogP contribution >= 0.6 is 0 Å². The van der Waals surface area contributed by atoms with E-state index in [4.69, 9.17) is 14.2 Å². The number of carbonyl (C=O) groups excluding carboxylic acids is 2. The molecule has 0 saturated carbocycles. The molecule has 0 saturated heterocycles. The predicted octanol–water partition coefficient (Wildman–Crippen LogP) is 5.68. The van der Waals surface area contributed by atoms with E-state index in [0.717, 1.165) is 13.0 Å².